The van der Waals surface area contributed by atoms with E-state index in [1.54, 1.807) is 0 Å². The van der Waals surface area contributed by atoms with Gasteiger partial charge in [-0.1, -0.05) is 19.3 Å². The standard InChI is InChI=1S/C14H22N2O3/c1-19-14(18)12(9-5-6-10-15)16-13(17)11-7-3-2-4-8-11/h11-12H,2-9H2,1H3,(H,16,17)/t12-/m1/s1. The van der Waals surface area contributed by atoms with Crippen molar-refractivity contribution in [2.24, 2.45) is 5.92 Å². The molecular weight excluding hydrogens is 244 g/mol. The fourth-order valence-corrected chi connectivity index (χ4v) is 2.43. The minimum absolute atomic E-state index is 0.0249. The van der Waals surface area contributed by atoms with Crippen molar-refractivity contribution < 1.29 is 14.3 Å². The van der Waals surface area contributed by atoms with E-state index in [1.165, 1.54) is 13.5 Å². The summed E-state index contributed by atoms with van der Waals surface area (Å²) < 4.78 is 4.69. The molecule has 0 saturated heterocycles. The van der Waals surface area contributed by atoms with Gasteiger partial charge < -0.3 is 10.1 Å². The van der Waals surface area contributed by atoms with Gasteiger partial charge in [0.15, 0.2) is 0 Å². The Bertz CT molecular complexity index is 343. The van der Waals surface area contributed by atoms with Crippen molar-refractivity contribution in [1.82, 2.24) is 5.32 Å². The van der Waals surface area contributed by atoms with Crippen LogP contribution in [0.3, 0.4) is 0 Å². The molecule has 1 saturated carbocycles. The normalized spacial score (nSPS) is 17.3. The molecule has 1 atom stereocenters. The van der Waals surface area contributed by atoms with E-state index in [0.717, 1.165) is 25.7 Å². The Kier molecular flexibility index (Phi) is 6.94. The predicted molar refractivity (Wildman–Crippen MR) is 70.0 cm³/mol. The van der Waals surface area contributed by atoms with Gasteiger partial charge in [-0.3, -0.25) is 4.79 Å². The summed E-state index contributed by atoms with van der Waals surface area (Å²) in [7, 11) is 1.31. The molecule has 0 aromatic carbocycles. The van der Waals surface area contributed by atoms with Crippen LogP contribution < -0.4 is 5.32 Å². The summed E-state index contributed by atoms with van der Waals surface area (Å²) in [6.45, 7) is 0. The molecule has 19 heavy (non-hydrogen) atoms. The first-order valence-electron chi connectivity index (χ1n) is 6.94. The van der Waals surface area contributed by atoms with Crippen molar-refractivity contribution in [3.05, 3.63) is 0 Å². The summed E-state index contributed by atoms with van der Waals surface area (Å²) in [4.78, 5) is 23.7. The van der Waals surface area contributed by atoms with E-state index in [9.17, 15) is 9.59 Å². The van der Waals surface area contributed by atoms with Gasteiger partial charge in [0.05, 0.1) is 13.2 Å². The number of hydrogen-bond acceptors (Lipinski definition) is 4. The Balaban J connectivity index is 2.48. The molecular formula is C14H22N2O3. The fraction of sp³-hybridized carbons (Fsp3) is 0.786. The topological polar surface area (TPSA) is 79.2 Å². The number of rotatable bonds is 6. The van der Waals surface area contributed by atoms with Gasteiger partial charge in [0, 0.05) is 12.3 Å². The van der Waals surface area contributed by atoms with Gasteiger partial charge in [-0.25, -0.2) is 4.79 Å². The van der Waals surface area contributed by atoms with E-state index in [1.807, 2.05) is 6.07 Å². The molecule has 5 heteroatoms. The SMILES string of the molecule is COC(=O)[C@@H](CCCC#N)NC(=O)C1CCCCC1. The van der Waals surface area contributed by atoms with Crippen LogP contribution in [0.15, 0.2) is 0 Å². The van der Waals surface area contributed by atoms with Crippen LogP contribution in [0, 0.1) is 17.2 Å². The number of carbonyl (C=O) groups excluding carboxylic acids is 2. The van der Waals surface area contributed by atoms with E-state index >= 15 is 0 Å². The van der Waals surface area contributed by atoms with E-state index in [0.29, 0.717) is 19.3 Å². The highest BCUT2D eigenvalue weighted by molar-refractivity contribution is 5.85. The van der Waals surface area contributed by atoms with Crippen LogP contribution in [0.2, 0.25) is 0 Å². The molecule has 0 aromatic rings. The molecule has 106 valence electrons. The van der Waals surface area contributed by atoms with Crippen molar-refractivity contribution in [3.8, 4) is 6.07 Å². The Morgan fingerprint density at radius 3 is 2.63 bits per heavy atom. The van der Waals surface area contributed by atoms with Crippen molar-refractivity contribution in [2.75, 3.05) is 7.11 Å². The number of methoxy groups -OCH3 is 1. The lowest BCUT2D eigenvalue weighted by Gasteiger charge is -2.23. The highest BCUT2D eigenvalue weighted by Crippen LogP contribution is 2.23. The second kappa shape index (κ2) is 8.52. The number of hydrogen-bond donors (Lipinski definition) is 1. The zero-order valence-corrected chi connectivity index (χ0v) is 11.5. The summed E-state index contributed by atoms with van der Waals surface area (Å²) in [6.07, 6.45) is 6.57. The van der Waals surface area contributed by atoms with Crippen LogP contribution in [-0.4, -0.2) is 25.0 Å². The lowest BCUT2D eigenvalue weighted by molar-refractivity contribution is -0.146. The third-order valence-corrected chi connectivity index (χ3v) is 3.56. The van der Waals surface area contributed by atoms with Crippen molar-refractivity contribution >= 4 is 11.9 Å². The molecule has 1 N–H and O–H groups in total. The number of ether oxygens (including phenoxy) is 1. The number of esters is 1. The first-order chi connectivity index (χ1) is 9.19. The lowest BCUT2D eigenvalue weighted by Crippen LogP contribution is -2.44. The molecule has 1 aliphatic carbocycles. The molecule has 1 fully saturated rings. The van der Waals surface area contributed by atoms with Crippen LogP contribution in [0.1, 0.15) is 51.4 Å². The van der Waals surface area contributed by atoms with Crippen molar-refractivity contribution in [3.63, 3.8) is 0 Å². The van der Waals surface area contributed by atoms with Gasteiger partial charge in [-0.05, 0) is 25.7 Å². The number of amides is 1. The Labute approximate surface area is 114 Å². The van der Waals surface area contributed by atoms with Crippen LogP contribution in [0.5, 0.6) is 0 Å². The molecule has 0 spiro atoms. The van der Waals surface area contributed by atoms with Gasteiger partial charge >= 0.3 is 5.97 Å². The maximum Gasteiger partial charge on any atom is 0.328 e. The summed E-state index contributed by atoms with van der Waals surface area (Å²) in [6, 6.07) is 1.41. The highest BCUT2D eigenvalue weighted by atomic mass is 16.5. The first-order valence-corrected chi connectivity index (χ1v) is 6.94. The predicted octanol–water partition coefficient (Wildman–Crippen LogP) is 1.92. The van der Waals surface area contributed by atoms with E-state index in [4.69, 9.17) is 10.00 Å². The van der Waals surface area contributed by atoms with Crippen LogP contribution in [0.4, 0.5) is 0 Å². The highest BCUT2D eigenvalue weighted by Gasteiger charge is 2.26. The van der Waals surface area contributed by atoms with E-state index in [-0.39, 0.29) is 11.8 Å². The minimum atomic E-state index is -0.618. The average molecular weight is 266 g/mol. The smallest absolute Gasteiger partial charge is 0.328 e. The molecule has 0 bridgehead atoms. The number of nitrogens with zero attached hydrogens (tertiary/aromatic N) is 1. The molecule has 0 aliphatic heterocycles. The molecule has 1 rings (SSSR count). The van der Waals surface area contributed by atoms with Crippen LogP contribution >= 0.6 is 0 Å². The molecule has 0 radical (unpaired) electrons. The number of nitriles is 1. The third-order valence-electron chi connectivity index (χ3n) is 3.56. The summed E-state index contributed by atoms with van der Waals surface area (Å²) >= 11 is 0. The molecule has 0 aromatic heterocycles. The van der Waals surface area contributed by atoms with Crippen LogP contribution in [-0.2, 0) is 14.3 Å². The second-order valence-electron chi connectivity index (χ2n) is 4.97. The average Bonchev–Trinajstić information content (AvgIpc) is 2.46. The van der Waals surface area contributed by atoms with Gasteiger partial charge in [-0.2, -0.15) is 5.26 Å². The monoisotopic (exact) mass is 266 g/mol. The third kappa shape index (κ3) is 5.29. The van der Waals surface area contributed by atoms with Gasteiger partial charge in [-0.15, -0.1) is 0 Å². The number of unbranched alkanes of at least 4 members (excludes halogenated alkanes) is 1. The summed E-state index contributed by atoms with van der Waals surface area (Å²) in [5, 5.41) is 11.3. The Hall–Kier alpha value is -1.57. The van der Waals surface area contributed by atoms with Crippen molar-refractivity contribution in [1.29, 1.82) is 5.26 Å². The van der Waals surface area contributed by atoms with Crippen molar-refractivity contribution in [2.45, 2.75) is 57.4 Å². The Morgan fingerprint density at radius 2 is 2.05 bits per heavy atom. The maximum absolute atomic E-state index is 12.1. The van der Waals surface area contributed by atoms with Gasteiger partial charge in [0.25, 0.3) is 0 Å². The van der Waals surface area contributed by atoms with Gasteiger partial charge in [0.1, 0.15) is 6.04 Å². The molecule has 1 aliphatic rings. The fourth-order valence-electron chi connectivity index (χ4n) is 2.43. The second-order valence-corrected chi connectivity index (χ2v) is 4.97. The maximum atomic E-state index is 12.1. The Morgan fingerprint density at radius 1 is 1.37 bits per heavy atom. The van der Waals surface area contributed by atoms with E-state index < -0.39 is 12.0 Å². The lowest BCUT2D eigenvalue weighted by atomic mass is 9.88. The number of carbonyl (C=O) groups is 2. The van der Waals surface area contributed by atoms with E-state index in [2.05, 4.69) is 5.32 Å². The molecule has 1 amide bonds. The number of nitrogens with one attached hydrogen (secondary N) is 1. The largest absolute Gasteiger partial charge is 0.467 e. The zero-order valence-electron chi connectivity index (χ0n) is 11.5. The summed E-state index contributed by atoms with van der Waals surface area (Å²) in [5.74, 6) is -0.453. The summed E-state index contributed by atoms with van der Waals surface area (Å²) in [5.41, 5.74) is 0. The van der Waals surface area contributed by atoms with Crippen LogP contribution in [0.25, 0.3) is 0 Å². The van der Waals surface area contributed by atoms with Gasteiger partial charge in [0.2, 0.25) is 5.91 Å². The molecule has 0 unspecified atom stereocenters. The minimum Gasteiger partial charge on any atom is -0.467 e. The zero-order chi connectivity index (χ0) is 14.1. The first kappa shape index (κ1) is 15.5. The molecule has 0 heterocycles. The molecule has 5 nitrogen and oxygen atoms in total. The quantitative estimate of drug-likeness (QED) is 0.588.